The van der Waals surface area contributed by atoms with Gasteiger partial charge in [0.2, 0.25) is 0 Å². The first kappa shape index (κ1) is 12.9. The van der Waals surface area contributed by atoms with Gasteiger partial charge >= 0.3 is 0 Å². The molecule has 0 saturated heterocycles. The largest absolute Gasteiger partial charge is 0.377 e. The second kappa shape index (κ2) is 8.04. The molecule has 0 aliphatic rings. The van der Waals surface area contributed by atoms with Crippen molar-refractivity contribution in [1.82, 2.24) is 10.7 Å². The smallest absolute Gasteiger partial charge is 0.180 e. The Kier molecular flexibility index (Phi) is 6.48. The van der Waals surface area contributed by atoms with E-state index in [0.717, 1.165) is 13.0 Å². The molecule has 0 heterocycles. The highest BCUT2D eigenvalue weighted by Gasteiger charge is 1.93. The maximum absolute atomic E-state index is 5.50. The summed E-state index contributed by atoms with van der Waals surface area (Å²) in [6.07, 6.45) is 0.897. The predicted molar refractivity (Wildman–Crippen MR) is 68.6 cm³/mol. The number of ether oxygens (including phenoxy) is 1. The van der Waals surface area contributed by atoms with Gasteiger partial charge in [0, 0.05) is 13.2 Å². The monoisotopic (exact) mass is 239 g/mol. The van der Waals surface area contributed by atoms with Crippen molar-refractivity contribution < 1.29 is 4.74 Å². The van der Waals surface area contributed by atoms with Gasteiger partial charge in [0.1, 0.15) is 0 Å². The molecule has 0 aromatic heterocycles. The van der Waals surface area contributed by atoms with Gasteiger partial charge < -0.3 is 15.5 Å². The van der Waals surface area contributed by atoms with Gasteiger partial charge in [-0.2, -0.15) is 0 Å². The van der Waals surface area contributed by atoms with Crippen molar-refractivity contribution in [3.63, 3.8) is 0 Å². The number of hydrazine groups is 1. The maximum atomic E-state index is 5.50. The van der Waals surface area contributed by atoms with Crippen molar-refractivity contribution in [1.29, 1.82) is 0 Å². The molecule has 0 spiro atoms. The zero-order chi connectivity index (χ0) is 11.6. The third-order valence-electron chi connectivity index (χ3n) is 1.99. The van der Waals surface area contributed by atoms with Crippen molar-refractivity contribution in [2.75, 3.05) is 13.2 Å². The molecule has 0 unspecified atom stereocenters. The maximum Gasteiger partial charge on any atom is 0.180 e. The molecule has 0 aliphatic heterocycles. The Labute approximate surface area is 101 Å². The van der Waals surface area contributed by atoms with E-state index in [1.807, 2.05) is 30.3 Å². The van der Waals surface area contributed by atoms with Gasteiger partial charge in [0.05, 0.1) is 6.61 Å². The van der Waals surface area contributed by atoms with Crippen LogP contribution in [0.15, 0.2) is 30.3 Å². The molecule has 1 rings (SSSR count). The average Bonchev–Trinajstić information content (AvgIpc) is 2.34. The zero-order valence-electron chi connectivity index (χ0n) is 9.11. The highest BCUT2D eigenvalue weighted by atomic mass is 32.1. The molecule has 1 aromatic carbocycles. The fourth-order valence-corrected chi connectivity index (χ4v) is 1.29. The molecule has 0 atom stereocenters. The Hall–Kier alpha value is -1.17. The minimum absolute atomic E-state index is 0.461. The lowest BCUT2D eigenvalue weighted by Crippen LogP contribution is -2.40. The summed E-state index contributed by atoms with van der Waals surface area (Å²) in [5.74, 6) is 5.10. The lowest BCUT2D eigenvalue weighted by atomic mass is 10.2. The Balaban J connectivity index is 1.98. The van der Waals surface area contributed by atoms with E-state index in [0.29, 0.717) is 18.3 Å². The number of benzene rings is 1. The van der Waals surface area contributed by atoms with Crippen molar-refractivity contribution >= 4 is 17.3 Å². The van der Waals surface area contributed by atoms with Crippen LogP contribution in [0.4, 0.5) is 0 Å². The fraction of sp³-hybridized carbons (Fsp3) is 0.364. The second-order valence-electron chi connectivity index (χ2n) is 3.29. The molecular weight excluding hydrogens is 222 g/mol. The minimum atomic E-state index is 0.461. The van der Waals surface area contributed by atoms with Crippen molar-refractivity contribution in [3.05, 3.63) is 35.9 Å². The second-order valence-corrected chi connectivity index (χ2v) is 3.70. The molecule has 0 aliphatic carbocycles. The SMILES string of the molecule is NNC(=S)NCCCOCc1ccccc1. The fourth-order valence-electron chi connectivity index (χ4n) is 1.19. The quantitative estimate of drug-likeness (QED) is 0.298. The number of nitrogens with two attached hydrogens (primary N) is 1. The topological polar surface area (TPSA) is 59.3 Å². The summed E-state index contributed by atoms with van der Waals surface area (Å²) in [6.45, 7) is 2.12. The van der Waals surface area contributed by atoms with Crippen LogP contribution in [-0.4, -0.2) is 18.3 Å². The average molecular weight is 239 g/mol. The summed E-state index contributed by atoms with van der Waals surface area (Å²) in [5.41, 5.74) is 3.55. The van der Waals surface area contributed by atoms with Gasteiger partial charge in [-0.05, 0) is 24.2 Å². The summed E-state index contributed by atoms with van der Waals surface area (Å²) in [4.78, 5) is 0. The van der Waals surface area contributed by atoms with Crippen LogP contribution in [0, 0.1) is 0 Å². The zero-order valence-corrected chi connectivity index (χ0v) is 9.93. The molecule has 4 N–H and O–H groups in total. The van der Waals surface area contributed by atoms with Crippen LogP contribution in [-0.2, 0) is 11.3 Å². The van der Waals surface area contributed by atoms with Gasteiger partial charge in [-0.3, -0.25) is 0 Å². The Morgan fingerprint density at radius 3 is 2.75 bits per heavy atom. The molecule has 88 valence electrons. The van der Waals surface area contributed by atoms with Crippen molar-refractivity contribution in [3.8, 4) is 0 Å². The van der Waals surface area contributed by atoms with Crippen LogP contribution in [0.25, 0.3) is 0 Å². The number of hydrogen-bond acceptors (Lipinski definition) is 3. The van der Waals surface area contributed by atoms with Gasteiger partial charge in [0.25, 0.3) is 0 Å². The first-order valence-electron chi connectivity index (χ1n) is 5.19. The first-order valence-corrected chi connectivity index (χ1v) is 5.60. The van der Waals surface area contributed by atoms with E-state index in [2.05, 4.69) is 10.7 Å². The van der Waals surface area contributed by atoms with E-state index >= 15 is 0 Å². The lowest BCUT2D eigenvalue weighted by molar-refractivity contribution is 0.119. The highest BCUT2D eigenvalue weighted by Crippen LogP contribution is 2.00. The van der Waals surface area contributed by atoms with E-state index in [1.54, 1.807) is 0 Å². The predicted octanol–water partition coefficient (Wildman–Crippen LogP) is 0.931. The molecule has 1 aromatic rings. The van der Waals surface area contributed by atoms with E-state index < -0.39 is 0 Å². The summed E-state index contributed by atoms with van der Waals surface area (Å²) < 4.78 is 5.50. The highest BCUT2D eigenvalue weighted by molar-refractivity contribution is 7.80. The molecule has 0 fully saturated rings. The van der Waals surface area contributed by atoms with Crippen LogP contribution in [0.5, 0.6) is 0 Å². The van der Waals surface area contributed by atoms with Gasteiger partial charge in [-0.25, -0.2) is 5.84 Å². The van der Waals surface area contributed by atoms with Crippen molar-refractivity contribution in [2.24, 2.45) is 5.84 Å². The molecule has 0 amide bonds. The molecular formula is C11H17N3OS. The third kappa shape index (κ3) is 5.65. The molecule has 0 bridgehead atoms. The van der Waals surface area contributed by atoms with Crippen LogP contribution >= 0.6 is 12.2 Å². The third-order valence-corrected chi connectivity index (χ3v) is 2.26. The van der Waals surface area contributed by atoms with E-state index in [1.165, 1.54) is 5.56 Å². The Morgan fingerprint density at radius 2 is 2.06 bits per heavy atom. The number of rotatable bonds is 6. The summed E-state index contributed by atoms with van der Waals surface area (Å²) in [5, 5.41) is 3.41. The Bertz CT molecular complexity index is 305. The number of nitrogens with one attached hydrogen (secondary N) is 2. The van der Waals surface area contributed by atoms with Crippen molar-refractivity contribution in [2.45, 2.75) is 13.0 Å². The van der Waals surface area contributed by atoms with E-state index in [9.17, 15) is 0 Å². The van der Waals surface area contributed by atoms with Crippen LogP contribution in [0.1, 0.15) is 12.0 Å². The first-order chi connectivity index (χ1) is 7.83. The van der Waals surface area contributed by atoms with E-state index in [-0.39, 0.29) is 0 Å². The van der Waals surface area contributed by atoms with Crippen LogP contribution < -0.4 is 16.6 Å². The van der Waals surface area contributed by atoms with Gasteiger partial charge in [0.15, 0.2) is 5.11 Å². The van der Waals surface area contributed by atoms with Crippen LogP contribution in [0.2, 0.25) is 0 Å². The summed E-state index contributed by atoms with van der Waals surface area (Å²) in [7, 11) is 0. The Morgan fingerprint density at radius 1 is 1.31 bits per heavy atom. The lowest BCUT2D eigenvalue weighted by Gasteiger charge is -2.07. The van der Waals surface area contributed by atoms with E-state index in [4.69, 9.17) is 22.8 Å². The summed E-state index contributed by atoms with van der Waals surface area (Å²) >= 11 is 4.82. The normalized spacial score (nSPS) is 9.81. The molecule has 16 heavy (non-hydrogen) atoms. The van der Waals surface area contributed by atoms with Gasteiger partial charge in [-0.15, -0.1) is 0 Å². The number of hydrogen-bond donors (Lipinski definition) is 3. The molecule has 5 heteroatoms. The molecule has 0 saturated carbocycles. The minimum Gasteiger partial charge on any atom is -0.377 e. The van der Waals surface area contributed by atoms with Crippen LogP contribution in [0.3, 0.4) is 0 Å². The number of thiocarbonyl (C=S) groups is 1. The van der Waals surface area contributed by atoms with Gasteiger partial charge in [-0.1, -0.05) is 30.3 Å². The summed E-state index contributed by atoms with van der Waals surface area (Å²) in [6, 6.07) is 10.1. The standard InChI is InChI=1S/C11H17N3OS/c12-14-11(16)13-7-4-8-15-9-10-5-2-1-3-6-10/h1-3,5-6H,4,7-9,12H2,(H2,13,14,16). The molecule has 0 radical (unpaired) electrons. The molecule has 4 nitrogen and oxygen atoms in total.